The van der Waals surface area contributed by atoms with Crippen molar-refractivity contribution in [2.24, 2.45) is 5.11 Å². The fourth-order valence-corrected chi connectivity index (χ4v) is 3.07. The summed E-state index contributed by atoms with van der Waals surface area (Å²) in [7, 11) is 0. The van der Waals surface area contributed by atoms with Crippen LogP contribution in [0.15, 0.2) is 47.6 Å². The summed E-state index contributed by atoms with van der Waals surface area (Å²) in [6.07, 6.45) is 1.79. The Morgan fingerprint density at radius 1 is 1.29 bits per heavy atom. The number of ether oxygens (including phenoxy) is 1. The van der Waals surface area contributed by atoms with Crippen molar-refractivity contribution in [1.82, 2.24) is 0 Å². The fraction of sp³-hybridized carbons (Fsp3) is 0.278. The van der Waals surface area contributed by atoms with Crippen molar-refractivity contribution in [2.75, 3.05) is 0 Å². The molecule has 0 radical (unpaired) electrons. The molecule has 1 aliphatic rings. The molecule has 1 N–H and O–H groups in total. The van der Waals surface area contributed by atoms with Gasteiger partial charge < -0.3 is 9.84 Å². The second-order valence-electron chi connectivity index (χ2n) is 5.76. The molecule has 2 aromatic rings. The molecule has 0 aliphatic heterocycles. The number of hydrogen-bond acceptors (Lipinski definition) is 3. The predicted octanol–water partition coefficient (Wildman–Crippen LogP) is 4.13. The van der Waals surface area contributed by atoms with Gasteiger partial charge in [0.25, 0.3) is 0 Å². The van der Waals surface area contributed by atoms with Crippen molar-refractivity contribution in [3.8, 4) is 5.75 Å². The summed E-state index contributed by atoms with van der Waals surface area (Å²) in [6, 6.07) is 13.1. The van der Waals surface area contributed by atoms with E-state index in [4.69, 9.17) is 10.3 Å². The average Bonchev–Trinajstić information content (AvgIpc) is 2.60. The maximum Gasteiger partial charge on any atom is 0.339 e. The van der Waals surface area contributed by atoms with Crippen molar-refractivity contribution in [3.05, 3.63) is 75.2 Å². The predicted molar refractivity (Wildman–Crippen MR) is 89.1 cm³/mol. The molecule has 0 saturated carbocycles. The largest absolute Gasteiger partial charge is 0.488 e. The Labute approximate surface area is 139 Å². The molecule has 2 aromatic carbocycles. The lowest BCUT2D eigenvalue weighted by atomic mass is 9.85. The summed E-state index contributed by atoms with van der Waals surface area (Å²) in [5.41, 5.74) is 11.5. The molecule has 1 unspecified atom stereocenters. The molecular formula is C18H17N3O3. The van der Waals surface area contributed by atoms with Gasteiger partial charge in [0.15, 0.2) is 0 Å². The number of aromatic carboxylic acids is 1. The molecule has 3 rings (SSSR count). The van der Waals surface area contributed by atoms with E-state index in [0.717, 1.165) is 16.7 Å². The highest BCUT2D eigenvalue weighted by Crippen LogP contribution is 2.32. The first kappa shape index (κ1) is 15.9. The Morgan fingerprint density at radius 2 is 2.08 bits per heavy atom. The summed E-state index contributed by atoms with van der Waals surface area (Å²) >= 11 is 0. The van der Waals surface area contributed by atoms with Crippen LogP contribution in [0.4, 0.5) is 0 Å². The van der Waals surface area contributed by atoms with Crippen LogP contribution in [0.3, 0.4) is 0 Å². The van der Waals surface area contributed by atoms with Crippen LogP contribution in [-0.4, -0.2) is 17.1 Å². The zero-order chi connectivity index (χ0) is 16.9. The monoisotopic (exact) mass is 323 g/mol. The van der Waals surface area contributed by atoms with E-state index in [1.165, 1.54) is 0 Å². The zero-order valence-corrected chi connectivity index (χ0v) is 13.1. The summed E-state index contributed by atoms with van der Waals surface area (Å²) in [4.78, 5) is 14.6. The Bertz CT molecular complexity index is 799. The first-order valence-corrected chi connectivity index (χ1v) is 7.78. The van der Waals surface area contributed by atoms with Gasteiger partial charge in [-0.25, -0.2) is 4.79 Å². The van der Waals surface area contributed by atoms with E-state index in [0.29, 0.717) is 31.6 Å². The first-order valence-electron chi connectivity index (χ1n) is 7.78. The lowest BCUT2D eigenvalue weighted by molar-refractivity contribution is 0.0690. The normalized spacial score (nSPS) is 15.9. The minimum absolute atomic E-state index is 0.111. The summed E-state index contributed by atoms with van der Waals surface area (Å²) < 4.78 is 5.76. The molecule has 0 aromatic heterocycles. The number of nitrogens with zero attached hydrogens (tertiary/aromatic N) is 3. The van der Waals surface area contributed by atoms with Crippen molar-refractivity contribution in [1.29, 1.82) is 0 Å². The van der Waals surface area contributed by atoms with Crippen LogP contribution in [0.1, 0.15) is 33.5 Å². The van der Waals surface area contributed by atoms with Gasteiger partial charge in [0.2, 0.25) is 0 Å². The van der Waals surface area contributed by atoms with E-state index in [9.17, 15) is 9.90 Å². The van der Waals surface area contributed by atoms with Gasteiger partial charge in [0, 0.05) is 11.0 Å². The molecule has 0 saturated heterocycles. The van der Waals surface area contributed by atoms with Crippen LogP contribution in [0, 0.1) is 0 Å². The molecule has 0 spiro atoms. The number of fused-ring (bicyclic) bond motifs is 1. The minimum atomic E-state index is -0.989. The Balaban J connectivity index is 1.88. The molecule has 1 atom stereocenters. The maximum absolute atomic E-state index is 11.8. The first-order chi connectivity index (χ1) is 11.7. The molecule has 0 heterocycles. The van der Waals surface area contributed by atoms with Crippen LogP contribution in [-0.2, 0) is 19.4 Å². The summed E-state index contributed by atoms with van der Waals surface area (Å²) in [5.74, 6) is -0.607. The minimum Gasteiger partial charge on any atom is -0.488 e. The second-order valence-corrected chi connectivity index (χ2v) is 5.76. The standard InChI is InChI=1S/C18H17N3O3/c19-21-20-14-7-8-15-13(10-14)6-9-16(17(15)18(22)23)24-11-12-4-2-1-3-5-12/h1-6,9,14H,7-8,10-11H2,(H,22,23). The lowest BCUT2D eigenvalue weighted by Crippen LogP contribution is -2.20. The van der Waals surface area contributed by atoms with Crippen molar-refractivity contribution < 1.29 is 14.6 Å². The average molecular weight is 323 g/mol. The van der Waals surface area contributed by atoms with Crippen LogP contribution in [0.25, 0.3) is 10.4 Å². The Kier molecular flexibility index (Phi) is 4.68. The van der Waals surface area contributed by atoms with E-state index in [-0.39, 0.29) is 11.6 Å². The van der Waals surface area contributed by atoms with Gasteiger partial charge in [-0.2, -0.15) is 0 Å². The van der Waals surface area contributed by atoms with E-state index in [1.807, 2.05) is 36.4 Å². The molecule has 24 heavy (non-hydrogen) atoms. The van der Waals surface area contributed by atoms with E-state index in [2.05, 4.69) is 10.0 Å². The fourth-order valence-electron chi connectivity index (χ4n) is 3.07. The molecule has 6 heteroatoms. The number of azide groups is 1. The molecule has 0 amide bonds. The van der Waals surface area contributed by atoms with Gasteiger partial charge in [0.05, 0.1) is 0 Å². The molecule has 0 fully saturated rings. The molecular weight excluding hydrogens is 306 g/mol. The highest BCUT2D eigenvalue weighted by atomic mass is 16.5. The number of carboxylic acids is 1. The third-order valence-corrected chi connectivity index (χ3v) is 4.22. The van der Waals surface area contributed by atoms with Crippen LogP contribution in [0.5, 0.6) is 5.75 Å². The van der Waals surface area contributed by atoms with Gasteiger partial charge in [-0.3, -0.25) is 0 Å². The second kappa shape index (κ2) is 7.06. The SMILES string of the molecule is [N-]=[N+]=NC1CCc2c(ccc(OCc3ccccc3)c2C(=O)O)C1. The summed E-state index contributed by atoms with van der Waals surface area (Å²) in [6.45, 7) is 0.321. The third-order valence-electron chi connectivity index (χ3n) is 4.22. The van der Waals surface area contributed by atoms with Gasteiger partial charge in [0.1, 0.15) is 17.9 Å². The third kappa shape index (κ3) is 3.34. The van der Waals surface area contributed by atoms with Crippen LogP contribution >= 0.6 is 0 Å². The van der Waals surface area contributed by atoms with Gasteiger partial charge >= 0.3 is 5.97 Å². The van der Waals surface area contributed by atoms with E-state index < -0.39 is 5.97 Å². The molecule has 6 nitrogen and oxygen atoms in total. The van der Waals surface area contributed by atoms with Crippen LogP contribution in [0.2, 0.25) is 0 Å². The molecule has 1 aliphatic carbocycles. The van der Waals surface area contributed by atoms with E-state index >= 15 is 0 Å². The van der Waals surface area contributed by atoms with E-state index in [1.54, 1.807) is 6.07 Å². The molecule has 0 bridgehead atoms. The van der Waals surface area contributed by atoms with Crippen LogP contribution < -0.4 is 4.74 Å². The highest BCUT2D eigenvalue weighted by Gasteiger charge is 2.25. The molecule has 122 valence electrons. The Morgan fingerprint density at radius 3 is 2.79 bits per heavy atom. The van der Waals surface area contributed by atoms with Crippen molar-refractivity contribution >= 4 is 5.97 Å². The number of rotatable bonds is 5. The highest BCUT2D eigenvalue weighted by molar-refractivity contribution is 5.93. The Hall–Kier alpha value is -2.98. The maximum atomic E-state index is 11.8. The zero-order valence-electron chi connectivity index (χ0n) is 13.1. The lowest BCUT2D eigenvalue weighted by Gasteiger charge is -2.24. The smallest absolute Gasteiger partial charge is 0.339 e. The number of hydrogen-bond donors (Lipinski definition) is 1. The van der Waals surface area contributed by atoms with Crippen molar-refractivity contribution in [3.63, 3.8) is 0 Å². The topological polar surface area (TPSA) is 95.3 Å². The van der Waals surface area contributed by atoms with Crippen molar-refractivity contribution in [2.45, 2.75) is 31.9 Å². The van der Waals surface area contributed by atoms with Gasteiger partial charge in [-0.15, -0.1) is 0 Å². The van der Waals surface area contributed by atoms with Gasteiger partial charge in [-0.05, 0) is 47.6 Å². The summed E-state index contributed by atoms with van der Waals surface area (Å²) in [5, 5.41) is 13.4. The van der Waals surface area contributed by atoms with Gasteiger partial charge in [-0.1, -0.05) is 41.5 Å². The number of benzene rings is 2. The number of carboxylic acid groups (broad SMARTS) is 1. The quantitative estimate of drug-likeness (QED) is 0.509. The number of carbonyl (C=O) groups is 1.